The number of aliphatic imine (C=N–C) groups is 1. The molecule has 3 rings (SSSR count). The van der Waals surface area contributed by atoms with Gasteiger partial charge in [-0.1, -0.05) is 18.9 Å². The lowest BCUT2D eigenvalue weighted by Crippen LogP contribution is -2.38. The lowest BCUT2D eigenvalue weighted by atomic mass is 10.1. The Balaban J connectivity index is 1.81. The van der Waals surface area contributed by atoms with E-state index in [4.69, 9.17) is 0 Å². The first-order chi connectivity index (χ1) is 13.3. The first kappa shape index (κ1) is 19.7. The number of pyridine rings is 1. The van der Waals surface area contributed by atoms with E-state index in [0.29, 0.717) is 0 Å². The van der Waals surface area contributed by atoms with E-state index in [9.17, 15) is 23.1 Å². The summed E-state index contributed by atoms with van der Waals surface area (Å²) in [6.45, 7) is 0. The van der Waals surface area contributed by atoms with Gasteiger partial charge in [0.05, 0.1) is 5.56 Å². The summed E-state index contributed by atoms with van der Waals surface area (Å²) in [5.41, 5.74) is -0.802. The fraction of sp³-hybridized carbons (Fsp3) is 0.316. The molecule has 1 aliphatic carbocycles. The summed E-state index contributed by atoms with van der Waals surface area (Å²) < 4.78 is 38.0. The molecule has 0 radical (unpaired) electrons. The van der Waals surface area contributed by atoms with Crippen LogP contribution in [0, 0.1) is 0 Å². The van der Waals surface area contributed by atoms with E-state index in [2.05, 4.69) is 20.6 Å². The van der Waals surface area contributed by atoms with Crippen molar-refractivity contribution in [1.82, 2.24) is 10.3 Å². The second-order valence-electron chi connectivity index (χ2n) is 6.47. The molecule has 1 fully saturated rings. The Morgan fingerprint density at radius 3 is 2.39 bits per heavy atom. The number of carbonyl (C=O) groups excluding carboxylic acids is 1. The van der Waals surface area contributed by atoms with Crippen LogP contribution in [-0.2, 0) is 6.18 Å². The van der Waals surface area contributed by atoms with Crippen LogP contribution in [0.1, 0.15) is 41.6 Å². The van der Waals surface area contributed by atoms with E-state index in [-0.39, 0.29) is 29.3 Å². The Bertz CT molecular complexity index is 860. The largest absolute Gasteiger partial charge is 0.493 e. The van der Waals surface area contributed by atoms with E-state index < -0.39 is 17.6 Å². The van der Waals surface area contributed by atoms with Crippen molar-refractivity contribution < 1.29 is 23.1 Å². The molecule has 1 aromatic carbocycles. The number of carbonyl (C=O) groups is 1. The highest BCUT2D eigenvalue weighted by atomic mass is 19.4. The molecule has 0 bridgehead atoms. The lowest BCUT2D eigenvalue weighted by molar-refractivity contribution is -0.137. The van der Waals surface area contributed by atoms with Gasteiger partial charge in [0.15, 0.2) is 0 Å². The van der Waals surface area contributed by atoms with Crippen LogP contribution < -0.4 is 10.6 Å². The normalized spacial score (nSPS) is 15.5. The molecule has 1 aromatic heterocycles. The number of hydrogen-bond donors (Lipinski definition) is 3. The van der Waals surface area contributed by atoms with Crippen molar-refractivity contribution in [2.45, 2.75) is 37.9 Å². The number of amides is 1. The van der Waals surface area contributed by atoms with Crippen LogP contribution in [-0.4, -0.2) is 28.0 Å². The predicted molar refractivity (Wildman–Crippen MR) is 98.1 cm³/mol. The molecule has 0 aliphatic heterocycles. The van der Waals surface area contributed by atoms with Crippen molar-refractivity contribution in [3.63, 3.8) is 0 Å². The highest BCUT2D eigenvalue weighted by Crippen LogP contribution is 2.29. The van der Waals surface area contributed by atoms with Crippen LogP contribution in [0.2, 0.25) is 0 Å². The van der Waals surface area contributed by atoms with Gasteiger partial charge in [-0.3, -0.25) is 4.79 Å². The molecule has 2 aromatic rings. The Kier molecular flexibility index (Phi) is 5.81. The van der Waals surface area contributed by atoms with Crippen molar-refractivity contribution in [2.75, 3.05) is 5.32 Å². The number of benzene rings is 1. The smallest absolute Gasteiger partial charge is 0.416 e. The molecule has 0 atom stereocenters. The predicted octanol–water partition coefficient (Wildman–Crippen LogP) is 3.95. The molecule has 0 unspecified atom stereocenters. The van der Waals surface area contributed by atoms with Gasteiger partial charge in [0.2, 0.25) is 11.8 Å². The summed E-state index contributed by atoms with van der Waals surface area (Å²) in [7, 11) is 0. The summed E-state index contributed by atoms with van der Waals surface area (Å²) in [6.07, 6.45) is -0.516. The van der Waals surface area contributed by atoms with Crippen molar-refractivity contribution in [2.24, 2.45) is 4.99 Å². The maximum Gasteiger partial charge on any atom is 0.416 e. The van der Waals surface area contributed by atoms with Gasteiger partial charge in [-0.05, 0) is 43.2 Å². The average molecular weight is 392 g/mol. The molecule has 1 amide bonds. The van der Waals surface area contributed by atoms with E-state index in [0.717, 1.165) is 49.9 Å². The van der Waals surface area contributed by atoms with Crippen LogP contribution in [0.5, 0.6) is 5.88 Å². The van der Waals surface area contributed by atoms with E-state index in [1.807, 2.05) is 0 Å². The van der Waals surface area contributed by atoms with Crippen LogP contribution in [0.15, 0.2) is 47.5 Å². The Labute approximate surface area is 159 Å². The number of aromatic nitrogens is 1. The maximum absolute atomic E-state index is 12.7. The molecule has 6 nitrogen and oxygen atoms in total. The number of anilines is 1. The van der Waals surface area contributed by atoms with E-state index in [1.54, 1.807) is 12.1 Å². The van der Waals surface area contributed by atoms with Gasteiger partial charge in [-0.15, -0.1) is 0 Å². The quantitative estimate of drug-likeness (QED) is 0.544. The van der Waals surface area contributed by atoms with Gasteiger partial charge < -0.3 is 15.7 Å². The number of nitrogens with one attached hydrogen (secondary N) is 2. The first-order valence-electron chi connectivity index (χ1n) is 8.81. The van der Waals surface area contributed by atoms with Gasteiger partial charge in [-0.25, -0.2) is 0 Å². The zero-order valence-corrected chi connectivity index (χ0v) is 14.8. The number of halogens is 3. The SMILES string of the molecule is O=C(/N=C(\Nc1cccc(O)n1)NC1CCCC1)c1ccc(C(F)(F)F)cc1. The average Bonchev–Trinajstić information content (AvgIpc) is 3.14. The fourth-order valence-corrected chi connectivity index (χ4v) is 2.94. The summed E-state index contributed by atoms with van der Waals surface area (Å²) in [5, 5.41) is 15.5. The van der Waals surface area contributed by atoms with E-state index >= 15 is 0 Å². The van der Waals surface area contributed by atoms with Gasteiger partial charge in [0.1, 0.15) is 5.82 Å². The van der Waals surface area contributed by atoms with Crippen LogP contribution >= 0.6 is 0 Å². The molecule has 1 saturated carbocycles. The standard InChI is InChI=1S/C19H19F3N4O2/c20-19(21,22)13-10-8-12(9-11-13)17(28)26-18(23-14-4-1-2-5-14)25-15-6-3-7-16(27)24-15/h3,6-11,14H,1-2,4-5H2,(H3,23,24,25,26,27,28). The number of guanidine groups is 1. The third-order valence-corrected chi connectivity index (χ3v) is 4.35. The maximum atomic E-state index is 12.7. The molecule has 1 aliphatic rings. The van der Waals surface area contributed by atoms with Gasteiger partial charge in [0.25, 0.3) is 5.91 Å². The Morgan fingerprint density at radius 1 is 1.11 bits per heavy atom. The molecule has 0 saturated heterocycles. The second kappa shape index (κ2) is 8.28. The van der Waals surface area contributed by atoms with Gasteiger partial charge >= 0.3 is 6.18 Å². The molecule has 3 N–H and O–H groups in total. The van der Waals surface area contributed by atoms with Crippen molar-refractivity contribution in [1.29, 1.82) is 0 Å². The summed E-state index contributed by atoms with van der Waals surface area (Å²) >= 11 is 0. The molecular weight excluding hydrogens is 373 g/mol. The number of aromatic hydroxyl groups is 1. The number of alkyl halides is 3. The molecule has 148 valence electrons. The number of rotatable bonds is 3. The van der Waals surface area contributed by atoms with Crippen molar-refractivity contribution in [3.8, 4) is 5.88 Å². The highest BCUT2D eigenvalue weighted by Gasteiger charge is 2.30. The fourth-order valence-electron chi connectivity index (χ4n) is 2.94. The molecule has 0 spiro atoms. The van der Waals surface area contributed by atoms with Crippen molar-refractivity contribution >= 4 is 17.7 Å². The third kappa shape index (κ3) is 5.21. The van der Waals surface area contributed by atoms with Crippen molar-refractivity contribution in [3.05, 3.63) is 53.6 Å². The lowest BCUT2D eigenvalue weighted by Gasteiger charge is -2.16. The van der Waals surface area contributed by atoms with Crippen LogP contribution in [0.25, 0.3) is 0 Å². The molecule has 9 heteroatoms. The Hall–Kier alpha value is -3.10. The van der Waals surface area contributed by atoms with E-state index in [1.165, 1.54) is 6.07 Å². The number of nitrogens with zero attached hydrogens (tertiary/aromatic N) is 2. The first-order valence-corrected chi connectivity index (χ1v) is 8.81. The zero-order valence-electron chi connectivity index (χ0n) is 14.8. The minimum atomic E-state index is -4.47. The Morgan fingerprint density at radius 2 is 1.79 bits per heavy atom. The molecular formula is C19H19F3N4O2. The zero-order chi connectivity index (χ0) is 20.1. The summed E-state index contributed by atoms with van der Waals surface area (Å²) in [4.78, 5) is 20.3. The monoisotopic (exact) mass is 392 g/mol. The van der Waals surface area contributed by atoms with Crippen LogP contribution in [0.4, 0.5) is 19.0 Å². The number of hydrogen-bond acceptors (Lipinski definition) is 3. The molecule has 28 heavy (non-hydrogen) atoms. The summed E-state index contributed by atoms with van der Waals surface area (Å²) in [6, 6.07) is 8.57. The van der Waals surface area contributed by atoms with Gasteiger partial charge in [0, 0.05) is 17.7 Å². The second-order valence-corrected chi connectivity index (χ2v) is 6.47. The van der Waals surface area contributed by atoms with Gasteiger partial charge in [-0.2, -0.15) is 23.1 Å². The molecule has 1 heterocycles. The highest BCUT2D eigenvalue weighted by molar-refractivity contribution is 6.06. The third-order valence-electron chi connectivity index (χ3n) is 4.35. The minimum Gasteiger partial charge on any atom is -0.493 e. The summed E-state index contributed by atoms with van der Waals surface area (Å²) in [5.74, 6) is -0.472. The topological polar surface area (TPSA) is 86.6 Å². The minimum absolute atomic E-state index is 0.0318. The van der Waals surface area contributed by atoms with Crippen LogP contribution in [0.3, 0.4) is 0 Å².